The molecule has 0 fully saturated rings. The summed E-state index contributed by atoms with van der Waals surface area (Å²) in [6.45, 7) is 11.2. The number of nitrogens with zero attached hydrogens (tertiary/aromatic N) is 1. The van der Waals surface area contributed by atoms with E-state index in [1.165, 1.54) is 6.20 Å². The molecule has 0 radical (unpaired) electrons. The van der Waals surface area contributed by atoms with Gasteiger partial charge in [0.05, 0.1) is 21.3 Å². The molecule has 0 aliphatic heterocycles. The van der Waals surface area contributed by atoms with Gasteiger partial charge in [0.1, 0.15) is 5.02 Å². The number of hydrogen-bond acceptors (Lipinski definition) is 2. The van der Waals surface area contributed by atoms with Crippen LogP contribution >= 0.6 is 11.6 Å². The van der Waals surface area contributed by atoms with E-state index in [9.17, 15) is 8.60 Å². The number of nitrogens with one attached hydrogen (secondary N) is 1. The number of pyridine rings is 1. The molecule has 2 atom stereocenters. The van der Waals surface area contributed by atoms with Gasteiger partial charge in [0.15, 0.2) is 0 Å². The summed E-state index contributed by atoms with van der Waals surface area (Å²) in [5.74, 6) is -0.720. The molecule has 1 rings (SSSR count). The monoisotopic (exact) mass is 332 g/mol. The van der Waals surface area contributed by atoms with Crippen LogP contribution in [0, 0.1) is 5.95 Å². The highest BCUT2D eigenvalue weighted by molar-refractivity contribution is 7.84. The zero-order valence-electron chi connectivity index (χ0n) is 12.9. The summed E-state index contributed by atoms with van der Waals surface area (Å²) in [4.78, 5) is 3.54. The van der Waals surface area contributed by atoms with Gasteiger partial charge >= 0.3 is 0 Å². The number of halogens is 2. The van der Waals surface area contributed by atoms with Gasteiger partial charge in [0.2, 0.25) is 5.95 Å². The van der Waals surface area contributed by atoms with Crippen LogP contribution in [0.3, 0.4) is 0 Å². The molecule has 0 bridgehead atoms. The Bertz CT molecular complexity index is 545. The van der Waals surface area contributed by atoms with Gasteiger partial charge in [0.25, 0.3) is 0 Å². The third-order valence-electron chi connectivity index (χ3n) is 3.16. The minimum Gasteiger partial charge on any atom is -0.242 e. The molecule has 0 saturated heterocycles. The smallest absolute Gasteiger partial charge is 0.231 e. The fraction of sp³-hybridized carbons (Fsp3) is 0.533. The summed E-state index contributed by atoms with van der Waals surface area (Å²) in [5, 5.41) is -0.0394. The van der Waals surface area contributed by atoms with Gasteiger partial charge in [-0.25, -0.2) is 13.9 Å². The van der Waals surface area contributed by atoms with Crippen LogP contribution in [0.25, 0.3) is 0 Å². The summed E-state index contributed by atoms with van der Waals surface area (Å²) in [5.41, 5.74) is -0.177. The third-order valence-corrected chi connectivity index (χ3v) is 5.27. The molecule has 1 heterocycles. The van der Waals surface area contributed by atoms with Crippen molar-refractivity contribution in [2.24, 2.45) is 0 Å². The van der Waals surface area contributed by atoms with Crippen molar-refractivity contribution in [3.63, 3.8) is 0 Å². The van der Waals surface area contributed by atoms with Crippen LogP contribution in [0.2, 0.25) is 5.02 Å². The molecule has 1 aromatic rings. The highest BCUT2D eigenvalue weighted by Gasteiger charge is 2.34. The van der Waals surface area contributed by atoms with Crippen LogP contribution in [0.15, 0.2) is 24.9 Å². The Hall–Kier alpha value is -0.780. The maximum atomic E-state index is 13.6. The molecule has 2 unspecified atom stereocenters. The Kier molecular flexibility index (Phi) is 6.08. The molecule has 0 saturated carbocycles. The van der Waals surface area contributed by atoms with Crippen LogP contribution in [0.4, 0.5) is 4.39 Å². The second-order valence-corrected chi connectivity index (χ2v) is 8.45. The Morgan fingerprint density at radius 2 is 2.10 bits per heavy atom. The van der Waals surface area contributed by atoms with E-state index in [0.29, 0.717) is 18.4 Å². The first-order chi connectivity index (χ1) is 9.62. The van der Waals surface area contributed by atoms with Crippen molar-refractivity contribution < 1.29 is 8.60 Å². The third kappa shape index (κ3) is 4.59. The lowest BCUT2D eigenvalue weighted by Gasteiger charge is -2.34. The Morgan fingerprint density at radius 1 is 1.48 bits per heavy atom. The van der Waals surface area contributed by atoms with Gasteiger partial charge in [-0.15, -0.1) is 6.58 Å². The van der Waals surface area contributed by atoms with Gasteiger partial charge in [-0.05, 0) is 52.2 Å². The zero-order chi connectivity index (χ0) is 16.3. The lowest BCUT2D eigenvalue weighted by Crippen LogP contribution is -2.46. The van der Waals surface area contributed by atoms with Gasteiger partial charge in [-0.3, -0.25) is 0 Å². The van der Waals surface area contributed by atoms with Crippen LogP contribution in [-0.4, -0.2) is 13.9 Å². The van der Waals surface area contributed by atoms with E-state index >= 15 is 0 Å². The summed E-state index contributed by atoms with van der Waals surface area (Å²) < 4.78 is 28.7. The van der Waals surface area contributed by atoms with E-state index in [1.54, 1.807) is 12.1 Å². The van der Waals surface area contributed by atoms with E-state index < -0.39 is 27.2 Å². The lowest BCUT2D eigenvalue weighted by molar-refractivity contribution is 0.407. The Morgan fingerprint density at radius 3 is 2.62 bits per heavy atom. The molecule has 0 amide bonds. The first-order valence-electron chi connectivity index (χ1n) is 6.73. The average molecular weight is 333 g/mol. The molecule has 0 aromatic carbocycles. The number of rotatable bonds is 6. The predicted molar refractivity (Wildman–Crippen MR) is 87.0 cm³/mol. The predicted octanol–water partition coefficient (Wildman–Crippen LogP) is 4.11. The van der Waals surface area contributed by atoms with Crippen LogP contribution < -0.4 is 4.72 Å². The van der Waals surface area contributed by atoms with E-state index in [-0.39, 0.29) is 5.02 Å². The fourth-order valence-corrected chi connectivity index (χ4v) is 3.08. The van der Waals surface area contributed by atoms with Crippen molar-refractivity contribution in [3.05, 3.63) is 41.5 Å². The normalized spacial score (nSPS) is 16.3. The number of hydrogen-bond donors (Lipinski definition) is 1. The molecule has 6 heteroatoms. The fourth-order valence-electron chi connectivity index (χ4n) is 1.83. The average Bonchev–Trinajstić information content (AvgIpc) is 2.38. The molecular weight excluding hydrogens is 311 g/mol. The molecule has 0 aliphatic carbocycles. The lowest BCUT2D eigenvalue weighted by atomic mass is 9.89. The molecule has 0 aliphatic rings. The summed E-state index contributed by atoms with van der Waals surface area (Å²) >= 11 is 6.05. The van der Waals surface area contributed by atoms with E-state index in [0.717, 1.165) is 0 Å². The van der Waals surface area contributed by atoms with Gasteiger partial charge < -0.3 is 0 Å². The SMILES string of the molecule is C=CCCC(C)(NS(=O)C(C)(C)C)c1ccnc(F)c1Cl. The molecular formula is C15H22ClFN2OS. The summed E-state index contributed by atoms with van der Waals surface area (Å²) in [6.07, 6.45) is 4.42. The first-order valence-corrected chi connectivity index (χ1v) is 8.25. The van der Waals surface area contributed by atoms with E-state index in [2.05, 4.69) is 16.3 Å². The molecule has 118 valence electrons. The standard InChI is InChI=1S/C15H22ClFN2OS/c1-6-7-9-15(5,19-21(20)14(2,3)4)11-8-10-18-13(17)12(11)16/h6,8,10,19H,1,7,9H2,2-5H3. The minimum absolute atomic E-state index is 0.0394. The van der Waals surface area contributed by atoms with Gasteiger partial charge in [-0.2, -0.15) is 4.39 Å². The number of aromatic nitrogens is 1. The van der Waals surface area contributed by atoms with Crippen LogP contribution in [0.1, 0.15) is 46.1 Å². The second-order valence-electron chi connectivity index (χ2n) is 6.11. The molecule has 3 nitrogen and oxygen atoms in total. The van der Waals surface area contributed by atoms with Crippen LogP contribution in [0.5, 0.6) is 0 Å². The van der Waals surface area contributed by atoms with Crippen molar-refractivity contribution in [2.45, 2.75) is 50.8 Å². The minimum atomic E-state index is -1.31. The maximum absolute atomic E-state index is 13.6. The highest BCUT2D eigenvalue weighted by atomic mass is 35.5. The van der Waals surface area contributed by atoms with Crippen LogP contribution in [-0.2, 0) is 16.5 Å². The highest BCUT2D eigenvalue weighted by Crippen LogP contribution is 2.34. The quantitative estimate of drug-likeness (QED) is 0.629. The van der Waals surface area contributed by atoms with Crippen molar-refractivity contribution in [1.29, 1.82) is 0 Å². The molecule has 1 aromatic heterocycles. The first kappa shape index (κ1) is 18.3. The molecule has 1 N–H and O–H groups in total. The topological polar surface area (TPSA) is 42.0 Å². The van der Waals surface area contributed by atoms with E-state index in [4.69, 9.17) is 11.6 Å². The summed E-state index contributed by atoms with van der Waals surface area (Å²) in [6, 6.07) is 1.65. The van der Waals surface area contributed by atoms with E-state index in [1.807, 2.05) is 27.7 Å². The maximum Gasteiger partial charge on any atom is 0.231 e. The van der Waals surface area contributed by atoms with Gasteiger partial charge in [-0.1, -0.05) is 17.7 Å². The Labute approximate surface area is 133 Å². The molecule has 0 spiro atoms. The summed E-state index contributed by atoms with van der Waals surface area (Å²) in [7, 11) is -1.31. The van der Waals surface area contributed by atoms with Gasteiger partial charge in [0, 0.05) is 6.20 Å². The zero-order valence-corrected chi connectivity index (χ0v) is 14.4. The van der Waals surface area contributed by atoms with Crippen molar-refractivity contribution in [2.75, 3.05) is 0 Å². The van der Waals surface area contributed by atoms with Crippen molar-refractivity contribution in [1.82, 2.24) is 9.71 Å². The number of allylic oxidation sites excluding steroid dienone is 1. The molecule has 21 heavy (non-hydrogen) atoms. The second kappa shape index (κ2) is 6.99. The van der Waals surface area contributed by atoms with Crippen molar-refractivity contribution >= 4 is 22.6 Å². The van der Waals surface area contributed by atoms with Crippen molar-refractivity contribution in [3.8, 4) is 0 Å². The largest absolute Gasteiger partial charge is 0.242 e. The Balaban J connectivity index is 3.23.